The highest BCUT2D eigenvalue weighted by Gasteiger charge is 2.13. The first-order chi connectivity index (χ1) is 18.4. The lowest BCUT2D eigenvalue weighted by Crippen LogP contribution is -2.04. The molecule has 0 heterocycles. The minimum absolute atomic E-state index is 0.0290. The number of benzene rings is 3. The van der Waals surface area contributed by atoms with E-state index in [2.05, 4.69) is 107 Å². The molecule has 0 N–H and O–H groups in total. The largest absolute Gasteiger partial charge is 0.494 e. The molecule has 0 aliphatic heterocycles. The van der Waals surface area contributed by atoms with E-state index in [-0.39, 0.29) is 6.10 Å². The van der Waals surface area contributed by atoms with Crippen LogP contribution in [0, 0.1) is 5.92 Å². The van der Waals surface area contributed by atoms with Gasteiger partial charge in [0.05, 0.1) is 6.26 Å². The molecule has 200 valence electrons. The van der Waals surface area contributed by atoms with Crippen molar-refractivity contribution < 1.29 is 4.74 Å². The van der Waals surface area contributed by atoms with Crippen molar-refractivity contribution in [1.82, 2.24) is 0 Å². The molecule has 38 heavy (non-hydrogen) atoms. The SMILES string of the molecule is C=CC(C)Cc1cc(CC)c(C/C=C/OC(C)C(=C)C)cc1-c1ccc(-c2ccc(CCCC)cc2)cc1. The quantitative estimate of drug-likeness (QED) is 0.156. The van der Waals surface area contributed by atoms with Gasteiger partial charge in [0.1, 0.15) is 6.10 Å². The number of hydrogen-bond acceptors (Lipinski definition) is 1. The molecule has 0 spiro atoms. The lowest BCUT2D eigenvalue weighted by Gasteiger charge is -2.18. The molecule has 3 rings (SSSR count). The molecule has 0 aliphatic rings. The third kappa shape index (κ3) is 8.09. The summed E-state index contributed by atoms with van der Waals surface area (Å²) in [5, 5.41) is 0. The van der Waals surface area contributed by atoms with E-state index in [1.807, 2.05) is 20.1 Å². The van der Waals surface area contributed by atoms with Crippen molar-refractivity contribution in [3.8, 4) is 22.3 Å². The average Bonchev–Trinajstić information content (AvgIpc) is 2.94. The van der Waals surface area contributed by atoms with E-state index in [9.17, 15) is 0 Å². The highest BCUT2D eigenvalue weighted by atomic mass is 16.5. The van der Waals surface area contributed by atoms with Crippen LogP contribution in [-0.2, 0) is 30.4 Å². The summed E-state index contributed by atoms with van der Waals surface area (Å²) in [4.78, 5) is 0. The van der Waals surface area contributed by atoms with E-state index in [4.69, 9.17) is 4.74 Å². The standard InChI is InChI=1S/C37H46O/c1-8-11-13-30-15-17-32(18-16-30)33-19-21-34(22-20-33)37-26-35(14-12-23-38-29(7)27(4)5)31(10-3)25-36(37)24-28(6)9-2/h9,12,15-23,25-26,28-29H,2,4,8,10-11,13-14,24H2,1,3,5-7H3/b23-12+. The first-order valence-corrected chi connectivity index (χ1v) is 14.3. The minimum atomic E-state index is 0.0290. The zero-order valence-corrected chi connectivity index (χ0v) is 24.2. The Hall–Kier alpha value is -3.32. The highest BCUT2D eigenvalue weighted by molar-refractivity contribution is 5.73. The second-order valence-corrected chi connectivity index (χ2v) is 10.6. The summed E-state index contributed by atoms with van der Waals surface area (Å²) in [6.07, 6.45) is 12.5. The number of ether oxygens (including phenoxy) is 1. The van der Waals surface area contributed by atoms with Gasteiger partial charge in [0, 0.05) is 0 Å². The second kappa shape index (κ2) is 14.6. The van der Waals surface area contributed by atoms with E-state index in [1.165, 1.54) is 57.3 Å². The van der Waals surface area contributed by atoms with Gasteiger partial charge in [-0.05, 0) is 108 Å². The molecule has 0 radical (unpaired) electrons. The molecule has 3 aromatic carbocycles. The molecule has 0 aliphatic carbocycles. The van der Waals surface area contributed by atoms with Gasteiger partial charge in [0.2, 0.25) is 0 Å². The average molecular weight is 507 g/mol. The zero-order valence-electron chi connectivity index (χ0n) is 24.2. The van der Waals surface area contributed by atoms with Crippen molar-refractivity contribution in [3.05, 3.63) is 120 Å². The van der Waals surface area contributed by atoms with Gasteiger partial charge in [-0.1, -0.05) is 101 Å². The Kier molecular flexibility index (Phi) is 11.2. The summed E-state index contributed by atoms with van der Waals surface area (Å²) in [5.41, 5.74) is 11.7. The van der Waals surface area contributed by atoms with Gasteiger partial charge in [-0.25, -0.2) is 0 Å². The van der Waals surface area contributed by atoms with Crippen molar-refractivity contribution in [2.75, 3.05) is 0 Å². The summed E-state index contributed by atoms with van der Waals surface area (Å²) in [7, 11) is 0. The highest BCUT2D eigenvalue weighted by Crippen LogP contribution is 2.32. The molecule has 2 unspecified atom stereocenters. The van der Waals surface area contributed by atoms with Crippen LogP contribution in [0.15, 0.2) is 97.8 Å². The molecular weight excluding hydrogens is 460 g/mol. The summed E-state index contributed by atoms with van der Waals surface area (Å²) in [6, 6.07) is 23.0. The summed E-state index contributed by atoms with van der Waals surface area (Å²) < 4.78 is 5.80. The van der Waals surface area contributed by atoms with Gasteiger partial charge >= 0.3 is 0 Å². The summed E-state index contributed by atoms with van der Waals surface area (Å²) in [6.45, 7) is 18.8. The Labute approximate surface area is 232 Å². The maximum Gasteiger partial charge on any atom is 0.115 e. The third-order valence-corrected chi connectivity index (χ3v) is 7.46. The molecule has 1 heteroatoms. The molecule has 0 fully saturated rings. The first-order valence-electron chi connectivity index (χ1n) is 14.3. The maximum atomic E-state index is 5.80. The lowest BCUT2D eigenvalue weighted by atomic mass is 9.87. The normalized spacial score (nSPS) is 12.9. The topological polar surface area (TPSA) is 9.23 Å². The number of aryl methyl sites for hydroxylation is 2. The molecule has 2 atom stereocenters. The van der Waals surface area contributed by atoms with Gasteiger partial charge in [0.25, 0.3) is 0 Å². The van der Waals surface area contributed by atoms with Gasteiger partial charge < -0.3 is 4.74 Å². The maximum absolute atomic E-state index is 5.80. The van der Waals surface area contributed by atoms with Crippen LogP contribution in [0.5, 0.6) is 0 Å². The van der Waals surface area contributed by atoms with Crippen LogP contribution in [0.4, 0.5) is 0 Å². The van der Waals surface area contributed by atoms with Crippen molar-refractivity contribution >= 4 is 0 Å². The fourth-order valence-corrected chi connectivity index (χ4v) is 4.68. The van der Waals surface area contributed by atoms with Gasteiger partial charge in [-0.3, -0.25) is 0 Å². The summed E-state index contributed by atoms with van der Waals surface area (Å²) in [5.74, 6) is 0.423. The van der Waals surface area contributed by atoms with Crippen LogP contribution in [0.2, 0.25) is 0 Å². The Morgan fingerprint density at radius 1 is 0.868 bits per heavy atom. The van der Waals surface area contributed by atoms with Gasteiger partial charge in [-0.2, -0.15) is 0 Å². The fraction of sp³-hybridized carbons (Fsp3) is 0.351. The molecule has 0 aromatic heterocycles. The molecule has 0 bridgehead atoms. The van der Waals surface area contributed by atoms with E-state index in [0.717, 1.165) is 31.3 Å². The van der Waals surface area contributed by atoms with E-state index >= 15 is 0 Å². The van der Waals surface area contributed by atoms with Crippen molar-refractivity contribution in [1.29, 1.82) is 0 Å². The molecule has 3 aromatic rings. The predicted molar refractivity (Wildman–Crippen MR) is 167 cm³/mol. The van der Waals surface area contributed by atoms with Crippen LogP contribution in [0.3, 0.4) is 0 Å². The second-order valence-electron chi connectivity index (χ2n) is 10.6. The van der Waals surface area contributed by atoms with Crippen molar-refractivity contribution in [3.63, 3.8) is 0 Å². The van der Waals surface area contributed by atoms with Gasteiger partial charge in [0.15, 0.2) is 0 Å². The Bertz CT molecular complexity index is 1210. The summed E-state index contributed by atoms with van der Waals surface area (Å²) >= 11 is 0. The Balaban J connectivity index is 1.91. The van der Waals surface area contributed by atoms with Crippen LogP contribution in [-0.4, -0.2) is 6.10 Å². The van der Waals surface area contributed by atoms with Crippen molar-refractivity contribution in [2.24, 2.45) is 5.92 Å². The third-order valence-electron chi connectivity index (χ3n) is 7.46. The molecule has 0 saturated heterocycles. The molecule has 1 nitrogen and oxygen atoms in total. The van der Waals surface area contributed by atoms with Crippen LogP contribution in [0.1, 0.15) is 69.7 Å². The number of unbranched alkanes of at least 4 members (excludes halogenated alkanes) is 1. The zero-order chi connectivity index (χ0) is 27.5. The van der Waals surface area contributed by atoms with Crippen LogP contribution < -0.4 is 0 Å². The molecule has 0 saturated carbocycles. The minimum Gasteiger partial charge on any atom is -0.494 e. The van der Waals surface area contributed by atoms with Gasteiger partial charge in [-0.15, -0.1) is 6.58 Å². The number of hydrogen-bond donors (Lipinski definition) is 0. The fourth-order valence-electron chi connectivity index (χ4n) is 4.68. The lowest BCUT2D eigenvalue weighted by molar-refractivity contribution is 0.193. The Morgan fingerprint density at radius 3 is 2.08 bits per heavy atom. The smallest absolute Gasteiger partial charge is 0.115 e. The molecule has 0 amide bonds. The van der Waals surface area contributed by atoms with E-state index < -0.39 is 0 Å². The van der Waals surface area contributed by atoms with Crippen LogP contribution in [0.25, 0.3) is 22.3 Å². The van der Waals surface area contributed by atoms with E-state index in [1.54, 1.807) is 0 Å². The van der Waals surface area contributed by atoms with Crippen molar-refractivity contribution in [2.45, 2.75) is 79.2 Å². The number of rotatable bonds is 14. The monoisotopic (exact) mass is 506 g/mol. The van der Waals surface area contributed by atoms with Crippen LogP contribution >= 0.6 is 0 Å². The number of allylic oxidation sites excluding steroid dienone is 2. The Morgan fingerprint density at radius 2 is 1.50 bits per heavy atom. The first kappa shape index (κ1) is 29.2. The molecular formula is C37H46O. The predicted octanol–water partition coefficient (Wildman–Crippen LogP) is 10.3. The van der Waals surface area contributed by atoms with E-state index in [0.29, 0.717) is 5.92 Å².